The number of aromatic nitrogens is 3. The minimum Gasteiger partial charge on any atom is -0.388 e. The Morgan fingerprint density at radius 2 is 2.21 bits per heavy atom. The number of urea groups is 1. The second kappa shape index (κ2) is 7.44. The van der Waals surface area contributed by atoms with E-state index in [4.69, 9.17) is 0 Å². The summed E-state index contributed by atoms with van der Waals surface area (Å²) in [5, 5.41) is 17.4. The monoisotopic (exact) mass is 329 g/mol. The Morgan fingerprint density at radius 1 is 1.42 bits per heavy atom. The molecule has 1 aromatic carbocycles. The van der Waals surface area contributed by atoms with Crippen LogP contribution in [-0.4, -0.2) is 43.4 Å². The number of hydrogen-bond donors (Lipinski definition) is 2. The number of benzene rings is 1. The van der Waals surface area contributed by atoms with Crippen LogP contribution >= 0.6 is 0 Å². The molecular weight excluding hydrogens is 306 g/mol. The number of rotatable bonds is 5. The number of nitrogens with zero attached hydrogens (tertiary/aromatic N) is 4. The van der Waals surface area contributed by atoms with Crippen molar-refractivity contribution in [2.75, 3.05) is 6.54 Å². The SMILES string of the molecule is Cn1cnc(CNC(=O)N2CCCC2CC(O)c2ccccc2)n1. The molecule has 2 amide bonds. The maximum atomic E-state index is 12.4. The van der Waals surface area contributed by atoms with Crippen LogP contribution in [0.15, 0.2) is 36.7 Å². The van der Waals surface area contributed by atoms with E-state index >= 15 is 0 Å². The highest BCUT2D eigenvalue weighted by molar-refractivity contribution is 5.74. The summed E-state index contributed by atoms with van der Waals surface area (Å²) in [6.07, 6.45) is 3.48. The van der Waals surface area contributed by atoms with Gasteiger partial charge in [0.2, 0.25) is 0 Å². The van der Waals surface area contributed by atoms with Crippen LogP contribution in [0.3, 0.4) is 0 Å². The summed E-state index contributed by atoms with van der Waals surface area (Å²) in [6.45, 7) is 1.03. The molecule has 1 fully saturated rings. The second-order valence-corrected chi connectivity index (χ2v) is 6.14. The van der Waals surface area contributed by atoms with E-state index in [1.807, 2.05) is 35.2 Å². The van der Waals surface area contributed by atoms with E-state index in [0.29, 0.717) is 25.3 Å². The molecule has 24 heavy (non-hydrogen) atoms. The van der Waals surface area contributed by atoms with Crippen LogP contribution in [0.4, 0.5) is 4.79 Å². The van der Waals surface area contributed by atoms with Crippen LogP contribution in [0.25, 0.3) is 0 Å². The molecule has 2 aromatic rings. The number of hydrogen-bond acceptors (Lipinski definition) is 4. The third kappa shape index (κ3) is 3.91. The predicted molar refractivity (Wildman–Crippen MR) is 89.0 cm³/mol. The third-order valence-electron chi connectivity index (χ3n) is 4.36. The van der Waals surface area contributed by atoms with Gasteiger partial charge >= 0.3 is 6.03 Å². The number of aliphatic hydroxyl groups is 1. The molecule has 0 aliphatic carbocycles. The first-order valence-electron chi connectivity index (χ1n) is 8.25. The van der Waals surface area contributed by atoms with Gasteiger partial charge in [0.05, 0.1) is 12.6 Å². The van der Waals surface area contributed by atoms with Gasteiger partial charge in [-0.25, -0.2) is 9.78 Å². The Morgan fingerprint density at radius 3 is 2.92 bits per heavy atom. The second-order valence-electron chi connectivity index (χ2n) is 6.14. The fourth-order valence-corrected chi connectivity index (χ4v) is 3.14. The Labute approximate surface area is 141 Å². The molecule has 7 nitrogen and oxygen atoms in total. The van der Waals surface area contributed by atoms with E-state index < -0.39 is 6.10 Å². The first-order valence-corrected chi connectivity index (χ1v) is 8.25. The average Bonchev–Trinajstić information content (AvgIpc) is 3.22. The summed E-state index contributed by atoms with van der Waals surface area (Å²) in [5.74, 6) is 0.589. The number of likely N-dealkylation sites (tertiary alicyclic amines) is 1. The van der Waals surface area contributed by atoms with Crippen LogP contribution in [-0.2, 0) is 13.6 Å². The molecule has 7 heteroatoms. The molecule has 0 spiro atoms. The molecule has 3 rings (SSSR count). The summed E-state index contributed by atoms with van der Waals surface area (Å²) >= 11 is 0. The highest BCUT2D eigenvalue weighted by atomic mass is 16.3. The van der Waals surface area contributed by atoms with Crippen molar-refractivity contribution in [2.24, 2.45) is 7.05 Å². The molecule has 2 unspecified atom stereocenters. The summed E-state index contributed by atoms with van der Waals surface area (Å²) in [6, 6.07) is 9.52. The van der Waals surface area contributed by atoms with E-state index in [9.17, 15) is 9.90 Å². The molecule has 1 aliphatic heterocycles. The summed E-state index contributed by atoms with van der Waals surface area (Å²) in [7, 11) is 1.79. The van der Waals surface area contributed by atoms with Crippen molar-refractivity contribution in [2.45, 2.75) is 38.0 Å². The highest BCUT2D eigenvalue weighted by Gasteiger charge is 2.30. The van der Waals surface area contributed by atoms with Gasteiger partial charge in [0, 0.05) is 19.6 Å². The molecule has 1 saturated heterocycles. The Hall–Kier alpha value is -2.41. The number of aryl methyl sites for hydroxylation is 1. The topological polar surface area (TPSA) is 83.3 Å². The predicted octanol–water partition coefficient (Wildman–Crippen LogP) is 1.61. The normalized spacial score (nSPS) is 18.6. The standard InChI is InChI=1S/C17H23N5O2/c1-21-12-19-16(20-21)11-18-17(24)22-9-5-8-14(22)10-15(23)13-6-3-2-4-7-13/h2-4,6-7,12,14-15,23H,5,8-11H2,1H3,(H,18,24). The lowest BCUT2D eigenvalue weighted by atomic mass is 10.0. The molecule has 128 valence electrons. The average molecular weight is 329 g/mol. The molecule has 0 saturated carbocycles. The van der Waals surface area contributed by atoms with Gasteiger partial charge in [-0.05, 0) is 24.8 Å². The van der Waals surface area contributed by atoms with Gasteiger partial charge < -0.3 is 15.3 Å². The zero-order valence-electron chi connectivity index (χ0n) is 13.8. The van der Waals surface area contributed by atoms with E-state index in [0.717, 1.165) is 18.4 Å². The van der Waals surface area contributed by atoms with Crippen LogP contribution in [0.1, 0.15) is 36.8 Å². The van der Waals surface area contributed by atoms with Crippen molar-refractivity contribution >= 4 is 6.03 Å². The Balaban J connectivity index is 1.55. The van der Waals surface area contributed by atoms with E-state index in [2.05, 4.69) is 15.4 Å². The lowest BCUT2D eigenvalue weighted by Crippen LogP contribution is -2.43. The molecule has 0 radical (unpaired) electrons. The molecule has 2 heterocycles. The van der Waals surface area contributed by atoms with Crippen LogP contribution < -0.4 is 5.32 Å². The quantitative estimate of drug-likeness (QED) is 0.873. The third-order valence-corrected chi connectivity index (χ3v) is 4.36. The van der Waals surface area contributed by atoms with Crippen LogP contribution in [0.2, 0.25) is 0 Å². The minimum atomic E-state index is -0.554. The van der Waals surface area contributed by atoms with Gasteiger partial charge in [0.25, 0.3) is 0 Å². The molecule has 1 aromatic heterocycles. The van der Waals surface area contributed by atoms with Crippen molar-refractivity contribution in [3.8, 4) is 0 Å². The first kappa shape index (κ1) is 16.4. The van der Waals surface area contributed by atoms with Gasteiger partial charge in [-0.2, -0.15) is 5.10 Å². The van der Waals surface area contributed by atoms with Crippen molar-refractivity contribution in [1.29, 1.82) is 0 Å². The number of carbonyl (C=O) groups is 1. The Bertz CT molecular complexity index is 673. The summed E-state index contributed by atoms with van der Waals surface area (Å²) in [5.41, 5.74) is 0.891. The molecular formula is C17H23N5O2. The van der Waals surface area contributed by atoms with Crippen molar-refractivity contribution in [1.82, 2.24) is 25.0 Å². The van der Waals surface area contributed by atoms with Gasteiger partial charge in [-0.1, -0.05) is 30.3 Å². The number of nitrogens with one attached hydrogen (secondary N) is 1. The lowest BCUT2D eigenvalue weighted by Gasteiger charge is -2.26. The van der Waals surface area contributed by atoms with Gasteiger partial charge in [-0.3, -0.25) is 4.68 Å². The van der Waals surface area contributed by atoms with Crippen molar-refractivity contribution < 1.29 is 9.90 Å². The van der Waals surface area contributed by atoms with Crippen molar-refractivity contribution in [3.05, 3.63) is 48.0 Å². The number of carbonyl (C=O) groups excluding carboxylic acids is 1. The van der Waals surface area contributed by atoms with Crippen molar-refractivity contribution in [3.63, 3.8) is 0 Å². The number of aliphatic hydroxyl groups excluding tert-OH is 1. The number of amides is 2. The fourth-order valence-electron chi connectivity index (χ4n) is 3.14. The smallest absolute Gasteiger partial charge is 0.318 e. The highest BCUT2D eigenvalue weighted by Crippen LogP contribution is 2.27. The molecule has 2 atom stereocenters. The van der Waals surface area contributed by atoms with Crippen LogP contribution in [0, 0.1) is 0 Å². The Kier molecular flexibility index (Phi) is 5.10. The molecule has 2 N–H and O–H groups in total. The maximum absolute atomic E-state index is 12.4. The van der Waals surface area contributed by atoms with Crippen LogP contribution in [0.5, 0.6) is 0 Å². The zero-order valence-corrected chi connectivity index (χ0v) is 13.8. The van der Waals surface area contributed by atoms with E-state index in [1.54, 1.807) is 18.1 Å². The largest absolute Gasteiger partial charge is 0.388 e. The zero-order chi connectivity index (χ0) is 16.9. The van der Waals surface area contributed by atoms with E-state index in [-0.39, 0.29) is 12.1 Å². The van der Waals surface area contributed by atoms with E-state index in [1.165, 1.54) is 0 Å². The summed E-state index contributed by atoms with van der Waals surface area (Å²) in [4.78, 5) is 18.3. The first-order chi connectivity index (χ1) is 11.6. The fraction of sp³-hybridized carbons (Fsp3) is 0.471. The molecule has 1 aliphatic rings. The minimum absolute atomic E-state index is 0.0527. The summed E-state index contributed by atoms with van der Waals surface area (Å²) < 4.78 is 1.61. The van der Waals surface area contributed by atoms with Gasteiger partial charge in [0.1, 0.15) is 6.33 Å². The molecule has 0 bridgehead atoms. The lowest BCUT2D eigenvalue weighted by molar-refractivity contribution is 0.126. The van der Waals surface area contributed by atoms with Gasteiger partial charge in [-0.15, -0.1) is 0 Å². The maximum Gasteiger partial charge on any atom is 0.318 e. The van der Waals surface area contributed by atoms with Gasteiger partial charge in [0.15, 0.2) is 5.82 Å².